The number of nitrogens with zero attached hydrogens (tertiary/aromatic N) is 1. The molecule has 6 heteroatoms. The second-order valence-electron chi connectivity index (χ2n) is 6.36. The molecule has 3 aromatic rings. The van der Waals surface area contributed by atoms with Crippen molar-refractivity contribution < 1.29 is 4.79 Å². The number of amides is 1. The highest BCUT2D eigenvalue weighted by Crippen LogP contribution is 2.24. The molecule has 128 valence electrons. The first-order valence-corrected chi connectivity index (χ1v) is 8.83. The van der Waals surface area contributed by atoms with Crippen molar-refractivity contribution in [3.05, 3.63) is 58.9 Å². The number of nitrogens with one attached hydrogen (secondary N) is 3. The van der Waals surface area contributed by atoms with E-state index in [1.165, 1.54) is 12.8 Å². The van der Waals surface area contributed by atoms with Gasteiger partial charge in [0.25, 0.3) is 5.91 Å². The number of rotatable bonds is 6. The van der Waals surface area contributed by atoms with E-state index in [0.29, 0.717) is 23.2 Å². The molecule has 0 bridgehead atoms. The standard InChI is InChI=1S/C19H19ClN4O/c20-14-2-5-16-12(10-22-17(16)9-14)7-8-21-19(25)13-1-6-18(23-11-13)24-15-3-4-15/h1-2,5-6,9-11,15,22H,3-4,7-8H2,(H,21,25)(H,23,24). The predicted octanol–water partition coefficient (Wildman–Crippen LogP) is 3.76. The first kappa shape index (κ1) is 16.0. The van der Waals surface area contributed by atoms with Crippen LogP contribution in [0.5, 0.6) is 0 Å². The number of carbonyl (C=O) groups is 1. The van der Waals surface area contributed by atoms with E-state index in [0.717, 1.165) is 28.7 Å². The first-order chi connectivity index (χ1) is 12.2. The Labute approximate surface area is 150 Å². The summed E-state index contributed by atoms with van der Waals surface area (Å²) in [6.45, 7) is 0.566. The Morgan fingerprint density at radius 1 is 1.28 bits per heavy atom. The van der Waals surface area contributed by atoms with Gasteiger partial charge in [0, 0.05) is 40.9 Å². The lowest BCUT2D eigenvalue weighted by molar-refractivity contribution is 0.0954. The third kappa shape index (κ3) is 3.77. The van der Waals surface area contributed by atoms with Crippen LogP contribution in [0.3, 0.4) is 0 Å². The first-order valence-electron chi connectivity index (χ1n) is 8.45. The van der Waals surface area contributed by atoms with E-state index >= 15 is 0 Å². The highest BCUT2D eigenvalue weighted by molar-refractivity contribution is 6.31. The van der Waals surface area contributed by atoms with Crippen molar-refractivity contribution in [2.24, 2.45) is 0 Å². The molecule has 0 radical (unpaired) electrons. The Hall–Kier alpha value is -2.53. The third-order valence-electron chi connectivity index (χ3n) is 4.36. The molecule has 1 aliphatic carbocycles. The summed E-state index contributed by atoms with van der Waals surface area (Å²) in [5.41, 5.74) is 2.75. The van der Waals surface area contributed by atoms with Gasteiger partial charge in [-0.2, -0.15) is 0 Å². The molecule has 4 rings (SSSR count). The predicted molar refractivity (Wildman–Crippen MR) is 100 cm³/mol. The minimum absolute atomic E-state index is 0.103. The van der Waals surface area contributed by atoms with Crippen molar-refractivity contribution in [1.29, 1.82) is 0 Å². The van der Waals surface area contributed by atoms with Crippen molar-refractivity contribution >= 4 is 34.2 Å². The molecule has 0 unspecified atom stereocenters. The number of hydrogen-bond acceptors (Lipinski definition) is 3. The molecular formula is C19H19ClN4O. The molecule has 0 aliphatic heterocycles. The van der Waals surface area contributed by atoms with E-state index in [2.05, 4.69) is 20.6 Å². The monoisotopic (exact) mass is 354 g/mol. The van der Waals surface area contributed by atoms with Gasteiger partial charge in [-0.15, -0.1) is 0 Å². The van der Waals surface area contributed by atoms with Gasteiger partial charge in [-0.3, -0.25) is 4.79 Å². The van der Waals surface area contributed by atoms with E-state index in [4.69, 9.17) is 11.6 Å². The molecular weight excluding hydrogens is 336 g/mol. The van der Waals surface area contributed by atoms with Crippen LogP contribution in [0.1, 0.15) is 28.8 Å². The van der Waals surface area contributed by atoms with Crippen molar-refractivity contribution in [3.63, 3.8) is 0 Å². The van der Waals surface area contributed by atoms with Crippen LogP contribution in [0.25, 0.3) is 10.9 Å². The van der Waals surface area contributed by atoms with Gasteiger partial charge in [-0.1, -0.05) is 17.7 Å². The largest absolute Gasteiger partial charge is 0.367 e. The number of pyridine rings is 1. The fraction of sp³-hybridized carbons (Fsp3) is 0.263. The van der Waals surface area contributed by atoms with Crippen molar-refractivity contribution in [2.75, 3.05) is 11.9 Å². The Morgan fingerprint density at radius 3 is 2.92 bits per heavy atom. The molecule has 1 aromatic carbocycles. The summed E-state index contributed by atoms with van der Waals surface area (Å²) in [6, 6.07) is 10.0. The van der Waals surface area contributed by atoms with E-state index in [9.17, 15) is 4.79 Å². The second-order valence-corrected chi connectivity index (χ2v) is 6.80. The zero-order valence-corrected chi connectivity index (χ0v) is 14.4. The molecule has 1 aliphatic rings. The van der Waals surface area contributed by atoms with Gasteiger partial charge >= 0.3 is 0 Å². The molecule has 3 N–H and O–H groups in total. The fourth-order valence-electron chi connectivity index (χ4n) is 2.83. The van der Waals surface area contributed by atoms with Crippen molar-refractivity contribution in [3.8, 4) is 0 Å². The molecule has 2 heterocycles. The lowest BCUT2D eigenvalue weighted by Gasteiger charge is -2.06. The van der Waals surface area contributed by atoms with Crippen LogP contribution < -0.4 is 10.6 Å². The maximum absolute atomic E-state index is 12.2. The quantitative estimate of drug-likeness (QED) is 0.631. The molecule has 5 nitrogen and oxygen atoms in total. The molecule has 1 amide bonds. The van der Waals surface area contributed by atoms with Gasteiger partial charge < -0.3 is 15.6 Å². The normalized spacial score (nSPS) is 13.8. The van der Waals surface area contributed by atoms with Crippen LogP contribution in [-0.2, 0) is 6.42 Å². The number of aromatic amines is 1. The summed E-state index contributed by atoms with van der Waals surface area (Å²) in [5.74, 6) is 0.727. The number of fused-ring (bicyclic) bond motifs is 1. The average Bonchev–Trinajstić information content (AvgIpc) is 3.34. The van der Waals surface area contributed by atoms with Crippen LogP contribution in [-0.4, -0.2) is 28.5 Å². The summed E-state index contributed by atoms with van der Waals surface area (Å²) >= 11 is 6.00. The van der Waals surface area contributed by atoms with Crippen LogP contribution in [0.2, 0.25) is 5.02 Å². The zero-order valence-electron chi connectivity index (χ0n) is 13.7. The lowest BCUT2D eigenvalue weighted by atomic mass is 10.1. The number of anilines is 1. The zero-order chi connectivity index (χ0) is 17.2. The summed E-state index contributed by atoms with van der Waals surface area (Å²) in [5, 5.41) is 8.10. The van der Waals surface area contributed by atoms with Gasteiger partial charge in [0.1, 0.15) is 5.82 Å². The van der Waals surface area contributed by atoms with Crippen molar-refractivity contribution in [2.45, 2.75) is 25.3 Å². The van der Waals surface area contributed by atoms with E-state index in [-0.39, 0.29) is 5.91 Å². The minimum Gasteiger partial charge on any atom is -0.367 e. The minimum atomic E-state index is -0.103. The highest BCUT2D eigenvalue weighted by Gasteiger charge is 2.21. The van der Waals surface area contributed by atoms with Gasteiger partial charge in [0.2, 0.25) is 0 Å². The SMILES string of the molecule is O=C(NCCc1c[nH]c2cc(Cl)ccc12)c1ccc(NC2CC2)nc1. The molecule has 2 aromatic heterocycles. The summed E-state index contributed by atoms with van der Waals surface area (Å²) in [4.78, 5) is 19.7. The van der Waals surface area contributed by atoms with Crippen LogP contribution in [0, 0.1) is 0 Å². The molecule has 1 fully saturated rings. The van der Waals surface area contributed by atoms with Gasteiger partial charge in [-0.25, -0.2) is 4.98 Å². The number of halogens is 1. The molecule has 0 saturated heterocycles. The number of aromatic nitrogens is 2. The smallest absolute Gasteiger partial charge is 0.252 e. The Balaban J connectivity index is 1.33. The number of hydrogen-bond donors (Lipinski definition) is 3. The lowest BCUT2D eigenvalue weighted by Crippen LogP contribution is -2.25. The third-order valence-corrected chi connectivity index (χ3v) is 4.60. The van der Waals surface area contributed by atoms with Gasteiger partial charge in [-0.05, 0) is 49.1 Å². The Bertz CT molecular complexity index is 899. The molecule has 0 atom stereocenters. The van der Waals surface area contributed by atoms with E-state index < -0.39 is 0 Å². The summed E-state index contributed by atoms with van der Waals surface area (Å²) in [6.07, 6.45) is 6.73. The number of benzene rings is 1. The maximum atomic E-state index is 12.2. The van der Waals surface area contributed by atoms with Gasteiger partial charge in [0.15, 0.2) is 0 Å². The average molecular weight is 355 g/mol. The topological polar surface area (TPSA) is 69.8 Å². The van der Waals surface area contributed by atoms with Crippen LogP contribution >= 0.6 is 11.6 Å². The van der Waals surface area contributed by atoms with E-state index in [1.54, 1.807) is 12.3 Å². The molecule has 1 saturated carbocycles. The molecule has 25 heavy (non-hydrogen) atoms. The van der Waals surface area contributed by atoms with Crippen LogP contribution in [0.4, 0.5) is 5.82 Å². The Kier molecular flexibility index (Phi) is 4.32. The fourth-order valence-corrected chi connectivity index (χ4v) is 3.00. The van der Waals surface area contributed by atoms with Gasteiger partial charge in [0.05, 0.1) is 5.56 Å². The van der Waals surface area contributed by atoms with E-state index in [1.807, 2.05) is 30.5 Å². The maximum Gasteiger partial charge on any atom is 0.252 e. The number of H-pyrrole nitrogens is 1. The Morgan fingerprint density at radius 2 is 2.16 bits per heavy atom. The summed E-state index contributed by atoms with van der Waals surface area (Å²) < 4.78 is 0. The highest BCUT2D eigenvalue weighted by atomic mass is 35.5. The molecule has 0 spiro atoms. The summed E-state index contributed by atoms with van der Waals surface area (Å²) in [7, 11) is 0. The number of carbonyl (C=O) groups excluding carboxylic acids is 1. The van der Waals surface area contributed by atoms with Crippen LogP contribution in [0.15, 0.2) is 42.7 Å². The second kappa shape index (κ2) is 6.76. The van der Waals surface area contributed by atoms with Crippen molar-refractivity contribution in [1.82, 2.24) is 15.3 Å².